The van der Waals surface area contributed by atoms with Crippen LogP contribution in [0.25, 0.3) is 11.3 Å². The number of esters is 1. The van der Waals surface area contributed by atoms with E-state index < -0.39 is 17.6 Å². The number of para-hydroxylation sites is 1. The van der Waals surface area contributed by atoms with Gasteiger partial charge in [0.15, 0.2) is 4.80 Å². The Labute approximate surface area is 275 Å². The molecule has 1 aromatic heterocycles. The minimum atomic E-state index is -0.863. The van der Waals surface area contributed by atoms with Crippen molar-refractivity contribution in [2.45, 2.75) is 26.4 Å². The van der Waals surface area contributed by atoms with Gasteiger partial charge in [0.2, 0.25) is 0 Å². The van der Waals surface area contributed by atoms with E-state index in [1.807, 2.05) is 116 Å². The fourth-order valence-electron chi connectivity index (χ4n) is 6.14. The van der Waals surface area contributed by atoms with E-state index in [0.29, 0.717) is 51.7 Å². The van der Waals surface area contributed by atoms with E-state index in [1.54, 1.807) is 11.8 Å². The smallest absolute Gasteiger partial charge is 0.338 e. The van der Waals surface area contributed by atoms with Crippen molar-refractivity contribution in [2.24, 2.45) is 4.99 Å². The number of carbonyl (C=O) groups excluding carboxylic acids is 2. The Bertz CT molecular complexity index is 2200. The van der Waals surface area contributed by atoms with Gasteiger partial charge in [-0.25, -0.2) is 9.79 Å². The summed E-state index contributed by atoms with van der Waals surface area (Å²) in [5, 5.41) is 0. The molecule has 0 saturated carbocycles. The standard InChI is InChI=1S/C38H31N3O5S/c1-3-45-27-21-19-26(20-22-27)33-31(37(44)46-4-2)32(25-15-9-6-10-16-25)39-38-41(33)36(43)34(47-38)30-28-17-11-12-18-29(28)40(35(30)42)23-24-13-7-5-8-14-24/h5-22,33H,3-4,23H2,1-2H3/b34-30+/t33-/m1/s1. The molecule has 0 saturated heterocycles. The molecule has 4 aromatic carbocycles. The number of fused-ring (bicyclic) bond motifs is 2. The zero-order valence-electron chi connectivity index (χ0n) is 25.9. The van der Waals surface area contributed by atoms with Gasteiger partial charge < -0.3 is 14.4 Å². The zero-order valence-corrected chi connectivity index (χ0v) is 26.7. The average Bonchev–Trinajstić information content (AvgIpc) is 3.57. The molecule has 0 unspecified atom stereocenters. The largest absolute Gasteiger partial charge is 0.494 e. The zero-order chi connectivity index (χ0) is 32.5. The monoisotopic (exact) mass is 641 g/mol. The highest BCUT2D eigenvalue weighted by Gasteiger charge is 2.38. The number of ether oxygens (including phenoxy) is 2. The summed E-state index contributed by atoms with van der Waals surface area (Å²) in [6.45, 7) is 4.66. The summed E-state index contributed by atoms with van der Waals surface area (Å²) in [7, 11) is 0. The fourth-order valence-corrected chi connectivity index (χ4v) is 7.23. The van der Waals surface area contributed by atoms with Gasteiger partial charge >= 0.3 is 5.97 Å². The van der Waals surface area contributed by atoms with Crippen molar-refractivity contribution in [3.8, 4) is 5.75 Å². The number of nitrogens with zero attached hydrogens (tertiary/aromatic N) is 3. The lowest BCUT2D eigenvalue weighted by Gasteiger charge is -2.26. The first-order chi connectivity index (χ1) is 23.0. The van der Waals surface area contributed by atoms with Gasteiger partial charge in [0.25, 0.3) is 11.5 Å². The molecule has 0 fully saturated rings. The molecule has 3 heterocycles. The Morgan fingerprint density at radius 3 is 2.21 bits per heavy atom. The van der Waals surface area contributed by atoms with Gasteiger partial charge in [0.05, 0.1) is 48.3 Å². The maximum absolute atomic E-state index is 14.7. The van der Waals surface area contributed by atoms with Crippen LogP contribution in [0.3, 0.4) is 0 Å². The minimum absolute atomic E-state index is 0.150. The summed E-state index contributed by atoms with van der Waals surface area (Å²) >= 11 is 1.16. The van der Waals surface area contributed by atoms with Crippen LogP contribution in [-0.4, -0.2) is 29.7 Å². The molecule has 0 aliphatic carbocycles. The van der Waals surface area contributed by atoms with Gasteiger partial charge in [0, 0.05) is 11.1 Å². The molecular weight excluding hydrogens is 611 g/mol. The predicted octanol–water partition coefficient (Wildman–Crippen LogP) is 5.25. The number of aromatic nitrogens is 1. The third-order valence-corrected chi connectivity index (χ3v) is 9.24. The van der Waals surface area contributed by atoms with Crippen molar-refractivity contribution >= 4 is 40.2 Å². The molecule has 1 atom stereocenters. The molecule has 8 nitrogen and oxygen atoms in total. The summed E-state index contributed by atoms with van der Waals surface area (Å²) in [6, 6.07) is 33.1. The van der Waals surface area contributed by atoms with Crippen molar-refractivity contribution in [3.63, 3.8) is 0 Å². The number of hydrogen-bond acceptors (Lipinski definition) is 7. The SMILES string of the molecule is CCOC(=O)C1=C(c2ccccc2)N=c2s/c(=C3/C(=O)N(Cc4ccccc4)c4ccccc43)c(=O)n2[C@@H]1c1ccc(OCC)cc1. The van der Waals surface area contributed by atoms with Crippen molar-refractivity contribution in [2.75, 3.05) is 18.1 Å². The lowest BCUT2D eigenvalue weighted by atomic mass is 9.93. The first-order valence-corrected chi connectivity index (χ1v) is 16.3. The van der Waals surface area contributed by atoms with Crippen LogP contribution in [-0.2, 0) is 20.9 Å². The molecule has 0 N–H and O–H groups in total. The van der Waals surface area contributed by atoms with E-state index in [2.05, 4.69) is 0 Å². The van der Waals surface area contributed by atoms with Gasteiger partial charge in [-0.3, -0.25) is 14.2 Å². The van der Waals surface area contributed by atoms with Crippen LogP contribution in [0.1, 0.15) is 42.1 Å². The second kappa shape index (κ2) is 12.7. The van der Waals surface area contributed by atoms with Crippen LogP contribution < -0.4 is 24.5 Å². The maximum atomic E-state index is 14.7. The van der Waals surface area contributed by atoms with Crippen LogP contribution in [0.5, 0.6) is 5.75 Å². The third-order valence-electron chi connectivity index (χ3n) is 8.19. The van der Waals surface area contributed by atoms with Gasteiger partial charge in [-0.15, -0.1) is 0 Å². The Morgan fingerprint density at radius 1 is 0.830 bits per heavy atom. The first-order valence-electron chi connectivity index (χ1n) is 15.5. The summed E-state index contributed by atoms with van der Waals surface area (Å²) < 4.78 is 13.1. The molecule has 2 aliphatic heterocycles. The molecule has 47 heavy (non-hydrogen) atoms. The van der Waals surface area contributed by atoms with E-state index >= 15 is 0 Å². The molecule has 0 bridgehead atoms. The van der Waals surface area contributed by atoms with Crippen molar-refractivity contribution in [3.05, 3.63) is 157 Å². The van der Waals surface area contributed by atoms with Gasteiger partial charge in [0.1, 0.15) is 10.3 Å². The van der Waals surface area contributed by atoms with E-state index in [1.165, 1.54) is 4.57 Å². The molecule has 7 rings (SSSR count). The van der Waals surface area contributed by atoms with Crippen molar-refractivity contribution < 1.29 is 19.1 Å². The second-order valence-electron chi connectivity index (χ2n) is 11.0. The van der Waals surface area contributed by atoms with Gasteiger partial charge in [-0.1, -0.05) is 102 Å². The number of hydrogen-bond donors (Lipinski definition) is 0. The summed E-state index contributed by atoms with van der Waals surface area (Å²) in [4.78, 5) is 49.8. The molecule has 0 spiro atoms. The summed E-state index contributed by atoms with van der Waals surface area (Å²) in [6.07, 6.45) is 0. The Kier molecular flexibility index (Phi) is 8.14. The van der Waals surface area contributed by atoms with E-state index in [0.717, 1.165) is 22.6 Å². The third kappa shape index (κ3) is 5.38. The average molecular weight is 642 g/mol. The summed E-state index contributed by atoms with van der Waals surface area (Å²) in [5.74, 6) is -0.156. The van der Waals surface area contributed by atoms with Crippen LogP contribution in [0, 0.1) is 0 Å². The fraction of sp³-hybridized carbons (Fsp3) is 0.158. The highest BCUT2D eigenvalue weighted by atomic mass is 32.1. The van der Waals surface area contributed by atoms with Crippen LogP contribution >= 0.6 is 11.3 Å². The van der Waals surface area contributed by atoms with Crippen LogP contribution in [0.15, 0.2) is 125 Å². The molecule has 1 amide bonds. The number of anilines is 1. The molecule has 234 valence electrons. The number of rotatable bonds is 8. The van der Waals surface area contributed by atoms with E-state index in [9.17, 15) is 14.4 Å². The molecule has 0 radical (unpaired) electrons. The Morgan fingerprint density at radius 2 is 1.51 bits per heavy atom. The number of thiazole rings is 1. The Balaban J connectivity index is 1.49. The quantitative estimate of drug-likeness (QED) is 0.216. The molecular formula is C38H31N3O5S. The normalized spacial score (nSPS) is 16.4. The predicted molar refractivity (Wildman–Crippen MR) is 182 cm³/mol. The van der Waals surface area contributed by atoms with Crippen molar-refractivity contribution in [1.29, 1.82) is 0 Å². The number of amides is 1. The highest BCUT2D eigenvalue weighted by Crippen LogP contribution is 2.38. The number of carbonyl (C=O) groups is 2. The maximum Gasteiger partial charge on any atom is 0.338 e. The second-order valence-corrected chi connectivity index (χ2v) is 12.0. The Hall–Kier alpha value is -5.54. The summed E-state index contributed by atoms with van der Waals surface area (Å²) in [5.41, 5.74) is 4.38. The van der Waals surface area contributed by atoms with E-state index in [4.69, 9.17) is 14.5 Å². The lowest BCUT2D eigenvalue weighted by molar-refractivity contribution is -0.138. The van der Waals surface area contributed by atoms with Crippen LogP contribution in [0.2, 0.25) is 0 Å². The first kappa shape index (κ1) is 30.1. The van der Waals surface area contributed by atoms with E-state index in [-0.39, 0.29) is 22.6 Å². The van der Waals surface area contributed by atoms with Crippen LogP contribution in [0.4, 0.5) is 5.69 Å². The van der Waals surface area contributed by atoms with Crippen molar-refractivity contribution in [1.82, 2.24) is 4.57 Å². The minimum Gasteiger partial charge on any atom is -0.494 e. The number of benzene rings is 4. The highest BCUT2D eigenvalue weighted by molar-refractivity contribution is 7.07. The topological polar surface area (TPSA) is 90.2 Å². The van der Waals surface area contributed by atoms with Gasteiger partial charge in [-0.05, 0) is 43.2 Å². The molecule has 5 aromatic rings. The molecule has 9 heteroatoms. The lowest BCUT2D eigenvalue weighted by Crippen LogP contribution is -2.41. The molecule has 2 aliphatic rings. The van der Waals surface area contributed by atoms with Gasteiger partial charge in [-0.2, -0.15) is 0 Å².